The van der Waals surface area contributed by atoms with E-state index in [1.807, 2.05) is 0 Å². The van der Waals surface area contributed by atoms with E-state index in [0.717, 1.165) is 51.4 Å². The molecule has 9 N–H and O–H groups in total. The molecular formula is C50H97NO13. The van der Waals surface area contributed by atoms with Gasteiger partial charge in [0, 0.05) is 6.42 Å². The number of carbonyl (C=O) groups is 1. The predicted octanol–water partition coefficient (Wildman–Crippen LogP) is 7.00. The SMILES string of the molecule is CCCCCCCCCCCCCCCCCCCCCCCCCC(O)C(COC1OC(CO)C(OC2OC(CO)C(O)C(O)C2O)C(O)C1O)NC(=O)CCCCCCCCC. The first-order valence-electron chi connectivity index (χ1n) is 26.3. The second-order valence-electron chi connectivity index (χ2n) is 19.0. The average molecular weight is 920 g/mol. The molecule has 0 radical (unpaired) electrons. The fourth-order valence-corrected chi connectivity index (χ4v) is 9.00. The minimum absolute atomic E-state index is 0.211. The van der Waals surface area contributed by atoms with Gasteiger partial charge in [-0.2, -0.15) is 0 Å². The topological polar surface area (TPSA) is 228 Å². The maximum atomic E-state index is 13.1. The highest BCUT2D eigenvalue weighted by atomic mass is 16.7. The zero-order valence-electron chi connectivity index (χ0n) is 40.3. The van der Waals surface area contributed by atoms with Crippen molar-refractivity contribution in [2.24, 2.45) is 0 Å². The van der Waals surface area contributed by atoms with E-state index in [1.165, 1.54) is 141 Å². The van der Waals surface area contributed by atoms with Crippen molar-refractivity contribution in [1.29, 1.82) is 0 Å². The Hall–Kier alpha value is -1.01. The van der Waals surface area contributed by atoms with E-state index in [2.05, 4.69) is 19.2 Å². The molecule has 2 heterocycles. The van der Waals surface area contributed by atoms with Gasteiger partial charge >= 0.3 is 0 Å². The zero-order valence-corrected chi connectivity index (χ0v) is 40.3. The summed E-state index contributed by atoms with van der Waals surface area (Å²) in [7, 11) is 0. The fourth-order valence-electron chi connectivity index (χ4n) is 9.00. The molecular weight excluding hydrogens is 823 g/mol. The van der Waals surface area contributed by atoms with Crippen molar-refractivity contribution in [2.45, 2.75) is 293 Å². The van der Waals surface area contributed by atoms with Crippen LogP contribution in [0.1, 0.15) is 219 Å². The number of rotatable bonds is 41. The number of aliphatic hydroxyl groups is 8. The van der Waals surface area contributed by atoms with Crippen LogP contribution in [0.2, 0.25) is 0 Å². The summed E-state index contributed by atoms with van der Waals surface area (Å²) in [6.45, 7) is 2.81. The summed E-state index contributed by atoms with van der Waals surface area (Å²) in [5.41, 5.74) is 0. The Morgan fingerprint density at radius 2 is 0.891 bits per heavy atom. The van der Waals surface area contributed by atoms with Crippen LogP contribution in [0.3, 0.4) is 0 Å². The Balaban J connectivity index is 1.71. The third kappa shape index (κ3) is 24.8. The van der Waals surface area contributed by atoms with Gasteiger partial charge in [-0.25, -0.2) is 0 Å². The lowest BCUT2D eigenvalue weighted by Gasteiger charge is -2.46. The Labute approximate surface area is 387 Å². The maximum absolute atomic E-state index is 13.1. The van der Waals surface area contributed by atoms with Crippen molar-refractivity contribution < 1.29 is 64.6 Å². The first-order chi connectivity index (χ1) is 31.1. The Kier molecular flexibility index (Phi) is 35.0. The van der Waals surface area contributed by atoms with Crippen LogP contribution in [0.5, 0.6) is 0 Å². The largest absolute Gasteiger partial charge is 0.394 e. The van der Waals surface area contributed by atoms with E-state index >= 15 is 0 Å². The second-order valence-corrected chi connectivity index (χ2v) is 19.0. The lowest BCUT2D eigenvalue weighted by atomic mass is 9.97. The van der Waals surface area contributed by atoms with Crippen LogP contribution in [0.25, 0.3) is 0 Å². The number of aliphatic hydroxyl groups excluding tert-OH is 8. The molecule has 0 bridgehead atoms. The number of amides is 1. The van der Waals surface area contributed by atoms with Gasteiger partial charge in [0.2, 0.25) is 5.91 Å². The number of unbranched alkanes of at least 4 members (excludes halogenated alkanes) is 28. The first-order valence-corrected chi connectivity index (χ1v) is 26.3. The molecule has 380 valence electrons. The molecule has 0 spiro atoms. The summed E-state index contributed by atoms with van der Waals surface area (Å²) in [6, 6.07) is -0.819. The van der Waals surface area contributed by atoms with Crippen molar-refractivity contribution >= 4 is 5.91 Å². The van der Waals surface area contributed by atoms with E-state index in [0.29, 0.717) is 12.8 Å². The van der Waals surface area contributed by atoms with Gasteiger partial charge in [-0.05, 0) is 12.8 Å². The van der Waals surface area contributed by atoms with Gasteiger partial charge in [-0.15, -0.1) is 0 Å². The van der Waals surface area contributed by atoms with Crippen LogP contribution in [0.15, 0.2) is 0 Å². The van der Waals surface area contributed by atoms with Gasteiger partial charge in [0.1, 0.15) is 48.8 Å². The predicted molar refractivity (Wildman–Crippen MR) is 249 cm³/mol. The van der Waals surface area contributed by atoms with E-state index in [-0.39, 0.29) is 12.5 Å². The van der Waals surface area contributed by atoms with Crippen LogP contribution in [0, 0.1) is 0 Å². The van der Waals surface area contributed by atoms with Crippen molar-refractivity contribution in [1.82, 2.24) is 5.32 Å². The minimum Gasteiger partial charge on any atom is -0.394 e. The third-order valence-corrected chi connectivity index (χ3v) is 13.3. The molecule has 0 aromatic heterocycles. The van der Waals surface area contributed by atoms with Crippen molar-refractivity contribution in [3.05, 3.63) is 0 Å². The minimum atomic E-state index is -1.78. The molecule has 2 fully saturated rings. The van der Waals surface area contributed by atoms with E-state index < -0.39 is 86.8 Å². The first kappa shape index (κ1) is 59.1. The molecule has 14 heteroatoms. The fraction of sp³-hybridized carbons (Fsp3) is 0.980. The standard InChI is InChI=1S/C50H97NO13/c1-3-5-7-9-11-12-13-14-15-16-17-18-19-20-21-22-23-24-25-26-28-29-31-33-39(54)38(51-42(55)34-32-30-27-10-8-6-4-2)37-61-49-47(60)45(58)48(41(36-53)63-49)64-50-46(59)44(57)43(56)40(35-52)62-50/h38-41,43-50,52-54,56-60H,3-37H2,1-2H3,(H,51,55). The van der Waals surface area contributed by atoms with Gasteiger partial charge in [-0.3, -0.25) is 4.79 Å². The summed E-state index contributed by atoms with van der Waals surface area (Å²) in [5, 5.41) is 86.7. The van der Waals surface area contributed by atoms with Gasteiger partial charge in [0.25, 0.3) is 0 Å². The molecule has 0 saturated carbocycles. The van der Waals surface area contributed by atoms with Gasteiger partial charge < -0.3 is 65.1 Å². The van der Waals surface area contributed by atoms with Crippen molar-refractivity contribution in [3.8, 4) is 0 Å². The molecule has 1 amide bonds. The van der Waals surface area contributed by atoms with Gasteiger partial charge in [0.15, 0.2) is 12.6 Å². The molecule has 12 unspecified atom stereocenters. The maximum Gasteiger partial charge on any atom is 0.220 e. The van der Waals surface area contributed by atoms with Crippen LogP contribution in [-0.2, 0) is 23.7 Å². The highest BCUT2D eigenvalue weighted by Crippen LogP contribution is 2.30. The zero-order chi connectivity index (χ0) is 46.8. The van der Waals surface area contributed by atoms with E-state index in [9.17, 15) is 45.6 Å². The highest BCUT2D eigenvalue weighted by Gasteiger charge is 2.51. The monoisotopic (exact) mass is 920 g/mol. The lowest BCUT2D eigenvalue weighted by molar-refractivity contribution is -0.359. The highest BCUT2D eigenvalue weighted by molar-refractivity contribution is 5.76. The summed E-state index contributed by atoms with van der Waals surface area (Å²) in [6.07, 6.45) is 21.4. The number of hydrogen-bond donors (Lipinski definition) is 9. The number of carbonyl (C=O) groups excluding carboxylic acids is 1. The molecule has 12 atom stereocenters. The van der Waals surface area contributed by atoms with Crippen molar-refractivity contribution in [3.63, 3.8) is 0 Å². The summed E-state index contributed by atoms with van der Waals surface area (Å²) in [5.74, 6) is -0.211. The van der Waals surface area contributed by atoms with Crippen LogP contribution in [-0.4, -0.2) is 140 Å². The molecule has 0 aromatic rings. The Morgan fingerprint density at radius 1 is 0.500 bits per heavy atom. The van der Waals surface area contributed by atoms with E-state index in [1.54, 1.807) is 0 Å². The average Bonchev–Trinajstić information content (AvgIpc) is 3.29. The molecule has 2 saturated heterocycles. The van der Waals surface area contributed by atoms with Crippen LogP contribution in [0.4, 0.5) is 0 Å². The summed E-state index contributed by atoms with van der Waals surface area (Å²) in [4.78, 5) is 13.1. The van der Waals surface area contributed by atoms with Gasteiger partial charge in [-0.1, -0.05) is 200 Å². The number of hydrogen-bond acceptors (Lipinski definition) is 13. The van der Waals surface area contributed by atoms with E-state index in [4.69, 9.17) is 18.9 Å². The van der Waals surface area contributed by atoms with Crippen LogP contribution >= 0.6 is 0 Å². The summed E-state index contributed by atoms with van der Waals surface area (Å²) < 4.78 is 22.7. The second kappa shape index (κ2) is 37.9. The molecule has 2 aliphatic heterocycles. The Bertz CT molecular complexity index is 1090. The molecule has 0 aromatic carbocycles. The molecule has 0 aliphatic carbocycles. The van der Waals surface area contributed by atoms with Gasteiger partial charge in [0.05, 0.1) is 32.0 Å². The van der Waals surface area contributed by atoms with Crippen molar-refractivity contribution in [2.75, 3.05) is 19.8 Å². The smallest absolute Gasteiger partial charge is 0.220 e. The summed E-state index contributed by atoms with van der Waals surface area (Å²) >= 11 is 0. The number of nitrogens with one attached hydrogen (secondary N) is 1. The normalized spacial score (nSPS) is 27.2. The lowest BCUT2D eigenvalue weighted by Crippen LogP contribution is -2.65. The molecule has 64 heavy (non-hydrogen) atoms. The molecule has 14 nitrogen and oxygen atoms in total. The number of ether oxygens (including phenoxy) is 4. The quantitative estimate of drug-likeness (QED) is 0.0282. The Morgan fingerprint density at radius 3 is 1.33 bits per heavy atom. The molecule has 2 aliphatic rings. The third-order valence-electron chi connectivity index (χ3n) is 13.3. The van der Waals surface area contributed by atoms with Crippen LogP contribution < -0.4 is 5.32 Å². The molecule has 2 rings (SSSR count).